The summed E-state index contributed by atoms with van der Waals surface area (Å²) in [4.78, 5) is 2.48. The molecule has 0 atom stereocenters. The van der Waals surface area contributed by atoms with Crippen molar-refractivity contribution in [3.63, 3.8) is 0 Å². The average Bonchev–Trinajstić information content (AvgIpc) is 3.83. The van der Waals surface area contributed by atoms with Crippen LogP contribution in [0.3, 0.4) is 0 Å². The van der Waals surface area contributed by atoms with E-state index in [1.165, 1.54) is 90.2 Å². The molecule has 8 aromatic carbocycles. The molecule has 0 fully saturated rings. The summed E-state index contributed by atoms with van der Waals surface area (Å²) >= 11 is 3.75. The van der Waals surface area contributed by atoms with Crippen LogP contribution in [-0.4, -0.2) is 0 Å². The van der Waals surface area contributed by atoms with E-state index >= 15 is 0 Å². The highest BCUT2D eigenvalue weighted by Gasteiger charge is 2.37. The number of hydrogen-bond donors (Lipinski definition) is 0. The standard InChI is InChI=1S/C49H33NS2/c1-49(2)40-13-6-3-11-37(40)48-41(49)14-9-15-42(48)50(34-24-27-45-39(29-34)36-10-4-7-16-43(36)51-45)33-22-18-30(19-23-33)31-20-25-35-32(28-31)21-26-46-47(35)38-12-5-8-17-44(38)52-46/h3-29H,1-2H3. The van der Waals surface area contributed by atoms with Gasteiger partial charge in [0.25, 0.3) is 0 Å². The van der Waals surface area contributed by atoms with Gasteiger partial charge in [-0.3, -0.25) is 0 Å². The van der Waals surface area contributed by atoms with Crippen LogP contribution in [0.25, 0.3) is 73.4 Å². The first-order valence-corrected chi connectivity index (χ1v) is 19.6. The Kier molecular flexibility index (Phi) is 6.41. The van der Waals surface area contributed by atoms with E-state index in [4.69, 9.17) is 0 Å². The molecule has 0 radical (unpaired) electrons. The number of thiophene rings is 2. The van der Waals surface area contributed by atoms with Crippen molar-refractivity contribution < 1.29 is 0 Å². The van der Waals surface area contributed by atoms with E-state index in [1.807, 2.05) is 22.7 Å². The molecule has 1 aliphatic carbocycles. The number of fused-ring (bicyclic) bond motifs is 11. The zero-order valence-corrected chi connectivity index (χ0v) is 30.5. The second kappa shape index (κ2) is 11.1. The number of rotatable bonds is 4. The zero-order chi connectivity index (χ0) is 34.6. The minimum atomic E-state index is -0.0814. The lowest BCUT2D eigenvalue weighted by atomic mass is 9.82. The lowest BCUT2D eigenvalue weighted by molar-refractivity contribution is 0.660. The van der Waals surface area contributed by atoms with Crippen LogP contribution in [0.2, 0.25) is 0 Å². The van der Waals surface area contributed by atoms with Gasteiger partial charge >= 0.3 is 0 Å². The molecule has 0 aliphatic heterocycles. The maximum Gasteiger partial charge on any atom is 0.0543 e. The van der Waals surface area contributed by atoms with E-state index in [0.717, 1.165) is 11.4 Å². The summed E-state index contributed by atoms with van der Waals surface area (Å²) in [6.07, 6.45) is 0. The monoisotopic (exact) mass is 699 g/mol. The zero-order valence-electron chi connectivity index (χ0n) is 28.9. The van der Waals surface area contributed by atoms with Gasteiger partial charge in [0, 0.05) is 62.7 Å². The van der Waals surface area contributed by atoms with Gasteiger partial charge in [0.05, 0.1) is 5.69 Å². The summed E-state index contributed by atoms with van der Waals surface area (Å²) in [7, 11) is 0. The van der Waals surface area contributed by atoms with Crippen molar-refractivity contribution in [2.75, 3.05) is 4.90 Å². The van der Waals surface area contributed by atoms with Crippen molar-refractivity contribution in [2.45, 2.75) is 19.3 Å². The first kappa shape index (κ1) is 29.9. The highest BCUT2D eigenvalue weighted by molar-refractivity contribution is 7.26. The lowest BCUT2D eigenvalue weighted by Crippen LogP contribution is -2.16. The molecule has 10 aromatic rings. The van der Waals surface area contributed by atoms with Crippen LogP contribution in [0, 0.1) is 0 Å². The quantitative estimate of drug-likeness (QED) is 0.177. The largest absolute Gasteiger partial charge is 0.310 e. The molecule has 0 saturated heterocycles. The third kappa shape index (κ3) is 4.33. The molecule has 0 saturated carbocycles. The predicted octanol–water partition coefficient (Wildman–Crippen LogP) is 15.0. The maximum absolute atomic E-state index is 2.48. The maximum atomic E-state index is 2.48. The molecule has 0 unspecified atom stereocenters. The highest BCUT2D eigenvalue weighted by atomic mass is 32.1. The normalized spacial score (nSPS) is 13.3. The van der Waals surface area contributed by atoms with Gasteiger partial charge in [-0.2, -0.15) is 0 Å². The van der Waals surface area contributed by atoms with E-state index in [0.29, 0.717) is 0 Å². The van der Waals surface area contributed by atoms with Crippen LogP contribution >= 0.6 is 22.7 Å². The Morgan fingerprint density at radius 1 is 0.442 bits per heavy atom. The van der Waals surface area contributed by atoms with Crippen molar-refractivity contribution in [3.8, 4) is 22.3 Å². The lowest BCUT2D eigenvalue weighted by Gasteiger charge is -2.29. The summed E-state index contributed by atoms with van der Waals surface area (Å²) in [5, 5.41) is 7.92. The third-order valence-corrected chi connectivity index (χ3v) is 13.5. The number of hydrogen-bond acceptors (Lipinski definition) is 3. The number of nitrogens with zero attached hydrogens (tertiary/aromatic N) is 1. The second-order valence-corrected chi connectivity index (χ2v) is 16.7. The van der Waals surface area contributed by atoms with Gasteiger partial charge in [-0.05, 0) is 99.3 Å². The molecule has 0 bridgehead atoms. The molecule has 0 spiro atoms. The van der Waals surface area contributed by atoms with Gasteiger partial charge in [0.2, 0.25) is 0 Å². The minimum Gasteiger partial charge on any atom is -0.310 e. The summed E-state index contributed by atoms with van der Waals surface area (Å²) in [5.74, 6) is 0. The topological polar surface area (TPSA) is 3.24 Å². The third-order valence-electron chi connectivity index (χ3n) is 11.3. The SMILES string of the molecule is CC1(C)c2ccccc2-c2c(N(c3ccc(-c4ccc5c(ccc6sc7ccccc7c65)c4)cc3)c3ccc4sc5ccccc5c4c3)cccc21. The van der Waals surface area contributed by atoms with Crippen LogP contribution in [0.5, 0.6) is 0 Å². The van der Waals surface area contributed by atoms with Crippen LogP contribution in [0.1, 0.15) is 25.0 Å². The van der Waals surface area contributed by atoms with E-state index in [1.54, 1.807) is 0 Å². The van der Waals surface area contributed by atoms with Crippen molar-refractivity contribution in [3.05, 3.63) is 175 Å². The van der Waals surface area contributed by atoms with Gasteiger partial charge < -0.3 is 4.90 Å². The summed E-state index contributed by atoms with van der Waals surface area (Å²) in [6, 6.07) is 61.1. The summed E-state index contributed by atoms with van der Waals surface area (Å²) in [6.45, 7) is 4.72. The summed E-state index contributed by atoms with van der Waals surface area (Å²) < 4.78 is 5.33. The van der Waals surface area contributed by atoms with Crippen molar-refractivity contribution in [1.29, 1.82) is 0 Å². The van der Waals surface area contributed by atoms with Crippen molar-refractivity contribution in [2.24, 2.45) is 0 Å². The number of anilines is 3. The van der Waals surface area contributed by atoms with Gasteiger partial charge in [0.15, 0.2) is 0 Å². The van der Waals surface area contributed by atoms with Crippen LogP contribution < -0.4 is 4.90 Å². The molecule has 1 aliphatic rings. The Hall–Kier alpha value is -5.74. The van der Waals surface area contributed by atoms with Crippen molar-refractivity contribution in [1.82, 2.24) is 0 Å². The summed E-state index contributed by atoms with van der Waals surface area (Å²) in [5.41, 5.74) is 11.3. The van der Waals surface area contributed by atoms with Crippen LogP contribution in [-0.2, 0) is 5.41 Å². The Labute approximate surface area is 310 Å². The molecule has 3 heteroatoms. The first-order chi connectivity index (χ1) is 25.5. The second-order valence-electron chi connectivity index (χ2n) is 14.5. The smallest absolute Gasteiger partial charge is 0.0543 e. The van der Waals surface area contributed by atoms with Crippen LogP contribution in [0.15, 0.2) is 164 Å². The van der Waals surface area contributed by atoms with Crippen LogP contribution in [0.4, 0.5) is 17.1 Å². The molecule has 11 rings (SSSR count). The van der Waals surface area contributed by atoms with Crippen molar-refractivity contribution >= 4 is 90.9 Å². The predicted molar refractivity (Wildman–Crippen MR) is 227 cm³/mol. The fourth-order valence-corrected chi connectivity index (χ4v) is 10.9. The molecule has 2 aromatic heterocycles. The molecule has 0 N–H and O–H groups in total. The highest BCUT2D eigenvalue weighted by Crippen LogP contribution is 2.54. The Morgan fingerprint density at radius 2 is 1.10 bits per heavy atom. The van der Waals surface area contributed by atoms with Gasteiger partial charge in [-0.25, -0.2) is 0 Å². The van der Waals surface area contributed by atoms with E-state index < -0.39 is 0 Å². The molecule has 246 valence electrons. The van der Waals surface area contributed by atoms with Gasteiger partial charge in [0.1, 0.15) is 0 Å². The Morgan fingerprint density at radius 3 is 1.96 bits per heavy atom. The first-order valence-electron chi connectivity index (χ1n) is 17.9. The molecular weight excluding hydrogens is 667 g/mol. The molecule has 2 heterocycles. The fraction of sp³-hybridized carbons (Fsp3) is 0.0612. The minimum absolute atomic E-state index is 0.0814. The Balaban J connectivity index is 1.08. The molecular formula is C49H33NS2. The molecule has 0 amide bonds. The Bertz CT molecular complexity index is 3050. The fourth-order valence-electron chi connectivity index (χ4n) is 8.74. The number of benzene rings is 8. The van der Waals surface area contributed by atoms with Gasteiger partial charge in [-0.1, -0.05) is 117 Å². The van der Waals surface area contributed by atoms with E-state index in [2.05, 4.69) is 183 Å². The average molecular weight is 700 g/mol. The van der Waals surface area contributed by atoms with E-state index in [9.17, 15) is 0 Å². The molecule has 1 nitrogen and oxygen atoms in total. The van der Waals surface area contributed by atoms with Gasteiger partial charge in [-0.15, -0.1) is 22.7 Å². The molecule has 52 heavy (non-hydrogen) atoms. The van der Waals surface area contributed by atoms with E-state index in [-0.39, 0.29) is 5.41 Å².